The van der Waals surface area contributed by atoms with E-state index in [-0.39, 0.29) is 11.6 Å². The predicted molar refractivity (Wildman–Crippen MR) is 67.7 cm³/mol. The average molecular weight is 259 g/mol. The van der Waals surface area contributed by atoms with Gasteiger partial charge in [0.05, 0.1) is 11.4 Å². The van der Waals surface area contributed by atoms with E-state index in [9.17, 15) is 9.18 Å². The highest BCUT2D eigenvalue weighted by Gasteiger charge is 2.10. The summed E-state index contributed by atoms with van der Waals surface area (Å²) >= 11 is 0. The molecule has 0 bridgehead atoms. The van der Waals surface area contributed by atoms with Crippen LogP contribution in [-0.4, -0.2) is 11.6 Å². The summed E-state index contributed by atoms with van der Waals surface area (Å²) in [7, 11) is 0. The van der Waals surface area contributed by atoms with Gasteiger partial charge in [0.15, 0.2) is 0 Å². The summed E-state index contributed by atoms with van der Waals surface area (Å²) in [5.74, 6) is -0.859. The molecular formula is C12H10FN5O. The van der Waals surface area contributed by atoms with E-state index in [0.717, 1.165) is 6.07 Å². The molecule has 0 radical (unpaired) electrons. The van der Waals surface area contributed by atoms with Crippen LogP contribution >= 0.6 is 0 Å². The van der Waals surface area contributed by atoms with Crippen molar-refractivity contribution in [3.05, 3.63) is 23.5 Å². The molecule has 0 spiro atoms. The van der Waals surface area contributed by atoms with Crippen LogP contribution in [0.25, 0.3) is 0 Å². The first-order chi connectivity index (χ1) is 8.97. The molecule has 1 aromatic carbocycles. The Bertz CT molecular complexity index is 608. The lowest BCUT2D eigenvalue weighted by molar-refractivity contribution is -0.114. The Morgan fingerprint density at radius 2 is 2.00 bits per heavy atom. The van der Waals surface area contributed by atoms with Gasteiger partial charge in [-0.25, -0.2) is 4.39 Å². The van der Waals surface area contributed by atoms with Crippen molar-refractivity contribution in [2.24, 2.45) is 5.10 Å². The fourth-order valence-corrected chi connectivity index (χ4v) is 1.36. The van der Waals surface area contributed by atoms with Gasteiger partial charge in [0, 0.05) is 13.0 Å². The summed E-state index contributed by atoms with van der Waals surface area (Å²) < 4.78 is 13.3. The number of halogens is 1. The van der Waals surface area contributed by atoms with E-state index in [1.54, 1.807) is 19.1 Å². The molecule has 0 aliphatic heterocycles. The molecule has 6 nitrogen and oxygen atoms in total. The number of hydrogen-bond donors (Lipinski definition) is 2. The largest absolute Gasteiger partial charge is 0.324 e. The molecule has 0 aliphatic carbocycles. The van der Waals surface area contributed by atoms with Crippen LogP contribution in [0, 0.1) is 35.4 Å². The van der Waals surface area contributed by atoms with Crippen molar-refractivity contribution in [3.8, 4) is 12.1 Å². The standard InChI is InChI=1S/C12H10FN5O/c1-7-3-9(13)4-11(12(7)16-8(2)19)18-17-10(5-14)6-15/h3-4,18H,1-2H3,(H,16,19). The van der Waals surface area contributed by atoms with Crippen LogP contribution in [0.4, 0.5) is 15.8 Å². The Morgan fingerprint density at radius 3 is 2.53 bits per heavy atom. The summed E-state index contributed by atoms with van der Waals surface area (Å²) in [5, 5.41) is 23.1. The summed E-state index contributed by atoms with van der Waals surface area (Å²) in [6.45, 7) is 2.92. The number of carbonyl (C=O) groups excluding carboxylic acids is 1. The topological polar surface area (TPSA) is 101 Å². The molecule has 0 aromatic heterocycles. The van der Waals surface area contributed by atoms with Gasteiger partial charge >= 0.3 is 0 Å². The maximum absolute atomic E-state index is 13.3. The number of nitrogens with zero attached hydrogens (tertiary/aromatic N) is 3. The summed E-state index contributed by atoms with van der Waals surface area (Å²) in [4.78, 5) is 11.1. The van der Waals surface area contributed by atoms with Crippen LogP contribution in [0.3, 0.4) is 0 Å². The minimum atomic E-state index is -0.528. The molecule has 1 aromatic rings. The SMILES string of the molecule is CC(=O)Nc1c(C)cc(F)cc1NN=C(C#N)C#N. The van der Waals surface area contributed by atoms with Crippen molar-refractivity contribution in [1.29, 1.82) is 10.5 Å². The number of nitriles is 2. The van der Waals surface area contributed by atoms with Crippen LogP contribution in [0.1, 0.15) is 12.5 Å². The Morgan fingerprint density at radius 1 is 1.37 bits per heavy atom. The lowest BCUT2D eigenvalue weighted by atomic mass is 10.1. The second-order valence-corrected chi connectivity index (χ2v) is 3.62. The predicted octanol–water partition coefficient (Wildman–Crippen LogP) is 1.91. The smallest absolute Gasteiger partial charge is 0.237 e. The fraction of sp³-hybridized carbons (Fsp3) is 0.167. The summed E-state index contributed by atoms with van der Waals surface area (Å²) in [6, 6.07) is 5.46. The van der Waals surface area contributed by atoms with Crippen LogP contribution in [0.15, 0.2) is 17.2 Å². The van der Waals surface area contributed by atoms with Gasteiger partial charge in [0.1, 0.15) is 18.0 Å². The third-order valence-electron chi connectivity index (χ3n) is 2.10. The van der Waals surface area contributed by atoms with Crippen molar-refractivity contribution in [3.63, 3.8) is 0 Å². The number of amides is 1. The average Bonchev–Trinajstić information content (AvgIpc) is 2.34. The highest BCUT2D eigenvalue weighted by Crippen LogP contribution is 2.27. The molecule has 96 valence electrons. The number of aryl methyl sites for hydroxylation is 1. The van der Waals surface area contributed by atoms with Crippen LogP contribution < -0.4 is 10.7 Å². The molecule has 7 heteroatoms. The first-order valence-corrected chi connectivity index (χ1v) is 5.19. The number of hydrazone groups is 1. The van der Waals surface area contributed by atoms with Crippen molar-refractivity contribution in [1.82, 2.24) is 0 Å². The number of rotatable bonds is 3. The van der Waals surface area contributed by atoms with Gasteiger partial charge < -0.3 is 5.32 Å². The molecule has 1 rings (SSSR count). The van der Waals surface area contributed by atoms with Gasteiger partial charge in [-0.05, 0) is 18.6 Å². The summed E-state index contributed by atoms with van der Waals surface area (Å²) in [5.41, 5.74) is 2.98. The minimum Gasteiger partial charge on any atom is -0.324 e. The Kier molecular flexibility index (Phi) is 4.56. The second-order valence-electron chi connectivity index (χ2n) is 3.62. The van der Waals surface area contributed by atoms with E-state index < -0.39 is 11.5 Å². The van der Waals surface area contributed by atoms with E-state index in [4.69, 9.17) is 10.5 Å². The van der Waals surface area contributed by atoms with E-state index >= 15 is 0 Å². The van der Waals surface area contributed by atoms with Gasteiger partial charge in [0.25, 0.3) is 0 Å². The molecule has 2 N–H and O–H groups in total. The van der Waals surface area contributed by atoms with Crippen molar-refractivity contribution < 1.29 is 9.18 Å². The molecule has 0 saturated carbocycles. The van der Waals surface area contributed by atoms with Gasteiger partial charge in [-0.3, -0.25) is 10.2 Å². The third-order valence-corrected chi connectivity index (χ3v) is 2.10. The van der Waals surface area contributed by atoms with E-state index in [1.807, 2.05) is 0 Å². The highest BCUT2D eigenvalue weighted by atomic mass is 19.1. The lowest BCUT2D eigenvalue weighted by Crippen LogP contribution is -2.10. The summed E-state index contributed by atoms with van der Waals surface area (Å²) in [6.07, 6.45) is 0. The Hall–Kier alpha value is -2.93. The van der Waals surface area contributed by atoms with Gasteiger partial charge in [-0.15, -0.1) is 0 Å². The monoisotopic (exact) mass is 259 g/mol. The van der Waals surface area contributed by atoms with Gasteiger partial charge in [0.2, 0.25) is 11.6 Å². The van der Waals surface area contributed by atoms with E-state index in [1.165, 1.54) is 13.0 Å². The molecule has 0 atom stereocenters. The fourth-order valence-electron chi connectivity index (χ4n) is 1.36. The molecule has 0 saturated heterocycles. The zero-order valence-corrected chi connectivity index (χ0v) is 10.3. The molecular weight excluding hydrogens is 249 g/mol. The van der Waals surface area contributed by atoms with E-state index in [0.29, 0.717) is 11.3 Å². The minimum absolute atomic E-state index is 0.163. The van der Waals surface area contributed by atoms with Crippen LogP contribution in [-0.2, 0) is 4.79 Å². The zero-order chi connectivity index (χ0) is 14.4. The van der Waals surface area contributed by atoms with E-state index in [2.05, 4.69) is 15.8 Å². The maximum Gasteiger partial charge on any atom is 0.237 e. The number of nitrogens with one attached hydrogen (secondary N) is 2. The normalized spacial score (nSPS) is 8.89. The molecule has 0 heterocycles. The van der Waals surface area contributed by atoms with Gasteiger partial charge in [-0.1, -0.05) is 0 Å². The zero-order valence-electron chi connectivity index (χ0n) is 10.3. The molecule has 1 amide bonds. The number of benzene rings is 1. The maximum atomic E-state index is 13.3. The first kappa shape index (κ1) is 14.1. The van der Waals surface area contributed by atoms with Crippen molar-refractivity contribution in [2.75, 3.05) is 10.7 Å². The second kappa shape index (κ2) is 6.12. The Labute approximate surface area is 109 Å². The number of anilines is 2. The Balaban J connectivity index is 3.19. The van der Waals surface area contributed by atoms with Gasteiger partial charge in [-0.2, -0.15) is 15.6 Å². The lowest BCUT2D eigenvalue weighted by Gasteiger charge is -2.12. The number of carbonyl (C=O) groups is 1. The van der Waals surface area contributed by atoms with Crippen LogP contribution in [0.5, 0.6) is 0 Å². The number of hydrogen-bond acceptors (Lipinski definition) is 5. The van der Waals surface area contributed by atoms with Crippen molar-refractivity contribution in [2.45, 2.75) is 13.8 Å². The van der Waals surface area contributed by atoms with Crippen LogP contribution in [0.2, 0.25) is 0 Å². The molecule has 0 aliphatic rings. The quantitative estimate of drug-likeness (QED) is 0.639. The highest BCUT2D eigenvalue weighted by molar-refractivity contribution is 6.10. The molecule has 19 heavy (non-hydrogen) atoms. The third kappa shape index (κ3) is 3.79. The molecule has 0 fully saturated rings. The molecule has 0 unspecified atom stereocenters. The van der Waals surface area contributed by atoms with Crippen molar-refractivity contribution >= 4 is 23.0 Å². The first-order valence-electron chi connectivity index (χ1n) is 5.19.